The van der Waals surface area contributed by atoms with E-state index in [9.17, 15) is 22.8 Å². The fourth-order valence-corrected chi connectivity index (χ4v) is 3.48. The molecule has 2 aromatic carbocycles. The van der Waals surface area contributed by atoms with Gasteiger partial charge in [0, 0.05) is 34.9 Å². The summed E-state index contributed by atoms with van der Waals surface area (Å²) in [5.74, 6) is -0.488. The lowest BCUT2D eigenvalue weighted by molar-refractivity contribution is -0.137. The van der Waals surface area contributed by atoms with Gasteiger partial charge in [-0.25, -0.2) is 9.78 Å². The molecule has 0 spiro atoms. The smallest absolute Gasteiger partial charge is 0.359 e. The van der Waals surface area contributed by atoms with Crippen LogP contribution >= 0.6 is 0 Å². The second-order valence-electron chi connectivity index (χ2n) is 7.44. The number of aromatic amines is 2. The zero-order chi connectivity index (χ0) is 23.9. The third-order valence-corrected chi connectivity index (χ3v) is 5.22. The number of benzene rings is 2. The second kappa shape index (κ2) is 8.03. The van der Waals surface area contributed by atoms with E-state index in [-0.39, 0.29) is 5.69 Å². The topological polar surface area (TPSA) is 108 Å². The molecule has 0 atom stereocenters. The third kappa shape index (κ3) is 4.06. The number of nitrogens with one attached hydrogen (secondary N) is 3. The maximum absolute atomic E-state index is 12.8. The summed E-state index contributed by atoms with van der Waals surface area (Å²) in [4.78, 5) is 26.7. The molecule has 0 aliphatic carbocycles. The van der Waals surface area contributed by atoms with Crippen molar-refractivity contribution in [3.63, 3.8) is 0 Å². The Labute approximate surface area is 189 Å². The van der Waals surface area contributed by atoms with Gasteiger partial charge in [0.15, 0.2) is 0 Å². The number of rotatable bonds is 4. The Morgan fingerprint density at radius 2 is 1.79 bits per heavy atom. The van der Waals surface area contributed by atoms with E-state index < -0.39 is 23.2 Å². The summed E-state index contributed by atoms with van der Waals surface area (Å²) in [7, 11) is 0. The van der Waals surface area contributed by atoms with Crippen molar-refractivity contribution in [2.45, 2.75) is 6.18 Å². The molecule has 34 heavy (non-hydrogen) atoms. The Morgan fingerprint density at radius 1 is 1.00 bits per heavy atom. The molecule has 0 bridgehead atoms. The fourth-order valence-electron chi connectivity index (χ4n) is 3.48. The van der Waals surface area contributed by atoms with Crippen molar-refractivity contribution in [1.29, 1.82) is 0 Å². The van der Waals surface area contributed by atoms with Gasteiger partial charge in [-0.05, 0) is 48.0 Å². The average Bonchev–Trinajstić information content (AvgIpc) is 3.46. The molecule has 0 saturated heterocycles. The highest BCUT2D eigenvalue weighted by atomic mass is 19.4. The number of carbonyl (C=O) groups is 1. The summed E-state index contributed by atoms with van der Waals surface area (Å²) in [6, 6.07) is 12.8. The van der Waals surface area contributed by atoms with E-state index in [0.717, 1.165) is 34.2 Å². The van der Waals surface area contributed by atoms with Crippen LogP contribution in [0, 0.1) is 0 Å². The van der Waals surface area contributed by atoms with Gasteiger partial charge in [0.1, 0.15) is 5.69 Å². The molecule has 11 heteroatoms. The van der Waals surface area contributed by atoms with Crippen molar-refractivity contribution in [3.05, 3.63) is 94.8 Å². The minimum absolute atomic E-state index is 0.0583. The number of carbonyl (C=O) groups excluding carboxylic acids is 1. The van der Waals surface area contributed by atoms with Crippen LogP contribution in [0.25, 0.3) is 27.7 Å². The maximum Gasteiger partial charge on any atom is 0.416 e. The van der Waals surface area contributed by atoms with Crippen LogP contribution in [0.3, 0.4) is 0 Å². The zero-order valence-electron chi connectivity index (χ0n) is 17.2. The number of fused-ring (bicyclic) bond motifs is 1. The lowest BCUT2D eigenvalue weighted by atomic mass is 10.1. The molecule has 0 fully saturated rings. The summed E-state index contributed by atoms with van der Waals surface area (Å²) < 4.78 is 39.9. The summed E-state index contributed by atoms with van der Waals surface area (Å²) in [5.41, 5.74) is 2.24. The molecular formula is C23H15F3N6O2. The first kappa shape index (κ1) is 21.2. The van der Waals surface area contributed by atoms with Crippen LogP contribution in [0.4, 0.5) is 18.9 Å². The molecule has 0 aliphatic rings. The SMILES string of the molecule is O=C(Nc1c[nH]c2ccc(-c3cnn(-c4ccc(C(F)(F)F)cc4)c3)cc12)c1ccc(=O)[nH]n1. The number of hydrogen-bond acceptors (Lipinski definition) is 4. The first-order valence-electron chi connectivity index (χ1n) is 9.99. The minimum Gasteiger partial charge on any atom is -0.359 e. The quantitative estimate of drug-likeness (QED) is 0.367. The van der Waals surface area contributed by atoms with E-state index in [4.69, 9.17) is 0 Å². The van der Waals surface area contributed by atoms with Gasteiger partial charge in [-0.1, -0.05) is 6.07 Å². The monoisotopic (exact) mass is 464 g/mol. The Bertz CT molecular complexity index is 1540. The minimum atomic E-state index is -4.40. The first-order valence-corrected chi connectivity index (χ1v) is 9.99. The van der Waals surface area contributed by atoms with E-state index >= 15 is 0 Å². The van der Waals surface area contributed by atoms with Crippen LogP contribution in [-0.4, -0.2) is 30.9 Å². The molecule has 3 heterocycles. The predicted molar refractivity (Wildman–Crippen MR) is 119 cm³/mol. The Kier molecular flexibility index (Phi) is 5.01. The molecule has 1 amide bonds. The van der Waals surface area contributed by atoms with Crippen LogP contribution in [0.2, 0.25) is 0 Å². The van der Waals surface area contributed by atoms with Gasteiger partial charge in [-0.15, -0.1) is 0 Å². The van der Waals surface area contributed by atoms with E-state index in [1.165, 1.54) is 28.9 Å². The summed E-state index contributed by atoms with van der Waals surface area (Å²) >= 11 is 0. The zero-order valence-corrected chi connectivity index (χ0v) is 17.2. The van der Waals surface area contributed by atoms with Crippen LogP contribution in [0.15, 0.2) is 78.0 Å². The second-order valence-corrected chi connectivity index (χ2v) is 7.44. The lowest BCUT2D eigenvalue weighted by Gasteiger charge is -2.07. The van der Waals surface area contributed by atoms with Gasteiger partial charge in [-0.3, -0.25) is 9.59 Å². The molecule has 3 aromatic heterocycles. The van der Waals surface area contributed by atoms with Crippen molar-refractivity contribution >= 4 is 22.5 Å². The van der Waals surface area contributed by atoms with Crippen LogP contribution in [-0.2, 0) is 6.18 Å². The molecule has 3 N–H and O–H groups in total. The molecule has 5 aromatic rings. The van der Waals surface area contributed by atoms with Gasteiger partial charge >= 0.3 is 6.18 Å². The summed E-state index contributed by atoms with van der Waals surface area (Å²) in [5, 5.41) is 13.7. The number of H-pyrrole nitrogens is 2. The van der Waals surface area contributed by atoms with Crippen molar-refractivity contribution in [1.82, 2.24) is 25.0 Å². The van der Waals surface area contributed by atoms with Gasteiger partial charge in [-0.2, -0.15) is 23.4 Å². The number of anilines is 1. The van der Waals surface area contributed by atoms with Gasteiger partial charge in [0.25, 0.3) is 11.5 Å². The van der Waals surface area contributed by atoms with Crippen molar-refractivity contribution in [3.8, 4) is 16.8 Å². The lowest BCUT2D eigenvalue weighted by Crippen LogP contribution is -2.17. The third-order valence-electron chi connectivity index (χ3n) is 5.22. The number of halogens is 3. The molecule has 8 nitrogen and oxygen atoms in total. The normalized spacial score (nSPS) is 11.6. The number of hydrogen-bond donors (Lipinski definition) is 3. The number of alkyl halides is 3. The number of nitrogens with zero attached hydrogens (tertiary/aromatic N) is 3. The molecule has 5 rings (SSSR count). The molecule has 0 radical (unpaired) electrons. The van der Waals surface area contributed by atoms with Gasteiger partial charge in [0.2, 0.25) is 0 Å². The predicted octanol–water partition coefficient (Wildman–Crippen LogP) is 4.38. The first-order chi connectivity index (χ1) is 16.3. The standard InChI is InChI=1S/C23H15F3N6O2/c24-23(25,26)15-2-4-16(5-3-15)32-12-14(10-28-32)13-1-6-18-17(9-13)20(11-27-18)29-22(34)19-7-8-21(33)31-30-19/h1-12,27H,(H,29,34)(H,31,33). The Hall–Kier alpha value is -4.67. The summed E-state index contributed by atoms with van der Waals surface area (Å²) in [6.07, 6.45) is 0.553. The van der Waals surface area contributed by atoms with E-state index in [0.29, 0.717) is 11.4 Å². The highest BCUT2D eigenvalue weighted by molar-refractivity contribution is 6.08. The van der Waals surface area contributed by atoms with Crippen molar-refractivity contribution in [2.24, 2.45) is 0 Å². The number of aromatic nitrogens is 5. The molecule has 0 saturated carbocycles. The highest BCUT2D eigenvalue weighted by Crippen LogP contribution is 2.31. The molecule has 0 unspecified atom stereocenters. The fraction of sp³-hybridized carbons (Fsp3) is 0.0435. The molecule has 170 valence electrons. The van der Waals surface area contributed by atoms with E-state index in [1.54, 1.807) is 18.6 Å². The van der Waals surface area contributed by atoms with Crippen molar-refractivity contribution in [2.75, 3.05) is 5.32 Å². The van der Waals surface area contributed by atoms with E-state index in [2.05, 4.69) is 25.6 Å². The van der Waals surface area contributed by atoms with E-state index in [1.807, 2.05) is 18.2 Å². The molecular weight excluding hydrogens is 449 g/mol. The highest BCUT2D eigenvalue weighted by Gasteiger charge is 2.30. The molecule has 0 aliphatic heterocycles. The van der Waals surface area contributed by atoms with Gasteiger partial charge in [0.05, 0.1) is 23.1 Å². The number of amides is 1. The van der Waals surface area contributed by atoms with Crippen LogP contribution in [0.1, 0.15) is 16.1 Å². The Morgan fingerprint density at radius 3 is 2.50 bits per heavy atom. The summed E-state index contributed by atoms with van der Waals surface area (Å²) in [6.45, 7) is 0. The Balaban J connectivity index is 1.42. The van der Waals surface area contributed by atoms with Crippen LogP contribution < -0.4 is 10.9 Å². The maximum atomic E-state index is 12.8. The average molecular weight is 464 g/mol. The van der Waals surface area contributed by atoms with Gasteiger partial charge < -0.3 is 10.3 Å². The van der Waals surface area contributed by atoms with Crippen molar-refractivity contribution < 1.29 is 18.0 Å². The largest absolute Gasteiger partial charge is 0.416 e. The van der Waals surface area contributed by atoms with Crippen LogP contribution in [0.5, 0.6) is 0 Å².